The molecule has 152 valence electrons. The lowest BCUT2D eigenvalue weighted by molar-refractivity contribution is -0.135. The predicted molar refractivity (Wildman–Crippen MR) is 105 cm³/mol. The van der Waals surface area contributed by atoms with Crippen molar-refractivity contribution in [3.63, 3.8) is 0 Å². The lowest BCUT2D eigenvalue weighted by Crippen LogP contribution is -2.38. The average Bonchev–Trinajstić information content (AvgIpc) is 3.11. The molecule has 0 saturated carbocycles. The van der Waals surface area contributed by atoms with Crippen molar-refractivity contribution in [1.82, 2.24) is 10.1 Å². The lowest BCUT2D eigenvalue weighted by Gasteiger charge is -2.29. The maximum Gasteiger partial charge on any atom is 0.233 e. The highest BCUT2D eigenvalue weighted by Gasteiger charge is 2.27. The molecular formula is C21H28FN3O3. The zero-order chi connectivity index (χ0) is 20.1. The van der Waals surface area contributed by atoms with Gasteiger partial charge in [-0.05, 0) is 30.7 Å². The molecule has 0 unspecified atom stereocenters. The van der Waals surface area contributed by atoms with E-state index in [4.69, 9.17) is 9.26 Å². The molecule has 1 aliphatic heterocycles. The molecule has 0 spiro atoms. The molecule has 0 atom stereocenters. The number of hydrogen-bond acceptors (Lipinski definition) is 5. The van der Waals surface area contributed by atoms with E-state index in [9.17, 15) is 9.18 Å². The third-order valence-corrected chi connectivity index (χ3v) is 4.83. The summed E-state index contributed by atoms with van der Waals surface area (Å²) in [6.07, 6.45) is 0.864. The van der Waals surface area contributed by atoms with E-state index in [0.717, 1.165) is 17.5 Å². The summed E-state index contributed by atoms with van der Waals surface area (Å²) >= 11 is 0. The zero-order valence-corrected chi connectivity index (χ0v) is 16.8. The van der Waals surface area contributed by atoms with Gasteiger partial charge < -0.3 is 19.1 Å². The third-order valence-electron chi connectivity index (χ3n) is 4.83. The van der Waals surface area contributed by atoms with Crippen LogP contribution in [0.1, 0.15) is 32.8 Å². The van der Waals surface area contributed by atoms with Gasteiger partial charge in [-0.15, -0.1) is 0 Å². The molecule has 2 heterocycles. The summed E-state index contributed by atoms with van der Waals surface area (Å²) in [5, 5.41) is 4.29. The number of hydrogen-bond donors (Lipinski definition) is 0. The summed E-state index contributed by atoms with van der Waals surface area (Å²) in [6.45, 7) is 9.59. The van der Waals surface area contributed by atoms with E-state index < -0.39 is 0 Å². The number of carbonyl (C=O) groups is 1. The van der Waals surface area contributed by atoms with Crippen LogP contribution >= 0.6 is 0 Å². The van der Waals surface area contributed by atoms with E-state index in [0.29, 0.717) is 51.0 Å². The van der Waals surface area contributed by atoms with Crippen LogP contribution in [-0.4, -0.2) is 48.8 Å². The Balaban J connectivity index is 2.00. The summed E-state index contributed by atoms with van der Waals surface area (Å²) < 4.78 is 24.6. The number of rotatable bonds is 7. The third kappa shape index (κ3) is 4.52. The fourth-order valence-corrected chi connectivity index (χ4v) is 3.39. The highest BCUT2D eigenvalue weighted by Crippen LogP contribution is 2.33. The van der Waals surface area contributed by atoms with E-state index in [-0.39, 0.29) is 17.6 Å². The largest absolute Gasteiger partial charge is 0.378 e. The Morgan fingerprint density at radius 1 is 1.25 bits per heavy atom. The molecule has 0 aliphatic carbocycles. The van der Waals surface area contributed by atoms with Crippen molar-refractivity contribution in [2.24, 2.45) is 5.92 Å². The number of halogens is 1. The Kier molecular flexibility index (Phi) is 6.67. The Labute approximate surface area is 165 Å². The van der Waals surface area contributed by atoms with Gasteiger partial charge in [0.2, 0.25) is 11.8 Å². The minimum atomic E-state index is -0.301. The van der Waals surface area contributed by atoms with E-state index in [1.165, 1.54) is 12.1 Å². The predicted octanol–water partition coefficient (Wildman–Crippen LogP) is 3.71. The topological polar surface area (TPSA) is 58.8 Å². The lowest BCUT2D eigenvalue weighted by atomic mass is 10.1. The van der Waals surface area contributed by atoms with Gasteiger partial charge >= 0.3 is 0 Å². The van der Waals surface area contributed by atoms with E-state index in [2.05, 4.69) is 17.0 Å². The molecule has 1 aromatic carbocycles. The molecule has 0 radical (unpaired) electrons. The highest BCUT2D eigenvalue weighted by molar-refractivity contribution is 5.79. The molecule has 2 aromatic rings. The van der Waals surface area contributed by atoms with Gasteiger partial charge in [-0.1, -0.05) is 25.9 Å². The first-order valence-corrected chi connectivity index (χ1v) is 9.87. The maximum absolute atomic E-state index is 13.4. The van der Waals surface area contributed by atoms with Crippen molar-refractivity contribution in [2.75, 3.05) is 37.7 Å². The fourth-order valence-electron chi connectivity index (χ4n) is 3.39. The zero-order valence-electron chi connectivity index (χ0n) is 16.8. The van der Waals surface area contributed by atoms with E-state index in [1.54, 1.807) is 12.1 Å². The summed E-state index contributed by atoms with van der Waals surface area (Å²) in [4.78, 5) is 16.7. The molecule has 6 nitrogen and oxygen atoms in total. The number of anilines is 1. The second kappa shape index (κ2) is 9.19. The van der Waals surface area contributed by atoms with Crippen molar-refractivity contribution < 1.29 is 18.4 Å². The molecule has 1 saturated heterocycles. The normalized spacial score (nSPS) is 14.5. The summed E-state index contributed by atoms with van der Waals surface area (Å²) in [6, 6.07) is 6.19. The van der Waals surface area contributed by atoms with Crippen molar-refractivity contribution in [1.29, 1.82) is 0 Å². The fraction of sp³-hybridized carbons (Fsp3) is 0.524. The van der Waals surface area contributed by atoms with Crippen molar-refractivity contribution in [3.8, 4) is 11.3 Å². The number of benzene rings is 1. The molecule has 3 rings (SSSR count). The molecule has 1 fully saturated rings. The van der Waals surface area contributed by atoms with Gasteiger partial charge in [-0.3, -0.25) is 4.79 Å². The summed E-state index contributed by atoms with van der Waals surface area (Å²) in [7, 11) is 0. The Hall–Kier alpha value is -2.41. The van der Waals surface area contributed by atoms with Gasteiger partial charge in [-0.2, -0.15) is 0 Å². The number of carbonyl (C=O) groups excluding carboxylic acids is 1. The van der Waals surface area contributed by atoms with Crippen LogP contribution in [0, 0.1) is 11.7 Å². The first kappa shape index (κ1) is 20.3. The van der Waals surface area contributed by atoms with Crippen LogP contribution in [0.4, 0.5) is 10.3 Å². The SMILES string of the molecule is CCCN(Cc1c(-c2ccc(F)cc2)noc1N1CCOCC1)C(=O)C(C)C. The van der Waals surface area contributed by atoms with Crippen LogP contribution in [0.2, 0.25) is 0 Å². The highest BCUT2D eigenvalue weighted by atomic mass is 19.1. The number of ether oxygens (including phenoxy) is 1. The van der Waals surface area contributed by atoms with Gasteiger partial charge in [0.05, 0.1) is 25.3 Å². The number of morpholine rings is 1. The van der Waals surface area contributed by atoms with Gasteiger partial charge in [0, 0.05) is 31.1 Å². The van der Waals surface area contributed by atoms with Gasteiger partial charge in [0.25, 0.3) is 0 Å². The van der Waals surface area contributed by atoms with Gasteiger partial charge in [0.15, 0.2) is 0 Å². The summed E-state index contributed by atoms with van der Waals surface area (Å²) in [5.74, 6) is 0.374. The van der Waals surface area contributed by atoms with Crippen LogP contribution < -0.4 is 4.90 Å². The number of aromatic nitrogens is 1. The number of amides is 1. The van der Waals surface area contributed by atoms with E-state index in [1.807, 2.05) is 18.7 Å². The van der Waals surface area contributed by atoms with Crippen LogP contribution in [0.25, 0.3) is 11.3 Å². The molecule has 1 aromatic heterocycles. The Morgan fingerprint density at radius 2 is 1.93 bits per heavy atom. The second-order valence-corrected chi connectivity index (χ2v) is 7.34. The Bertz CT molecular complexity index is 783. The van der Waals surface area contributed by atoms with Crippen LogP contribution in [-0.2, 0) is 16.1 Å². The quantitative estimate of drug-likeness (QED) is 0.722. The summed E-state index contributed by atoms with van der Waals surface area (Å²) in [5.41, 5.74) is 2.28. The maximum atomic E-state index is 13.4. The Morgan fingerprint density at radius 3 is 2.54 bits per heavy atom. The van der Waals surface area contributed by atoms with E-state index >= 15 is 0 Å². The molecule has 1 amide bonds. The van der Waals surface area contributed by atoms with Gasteiger partial charge in [-0.25, -0.2) is 4.39 Å². The minimum absolute atomic E-state index is 0.0903. The number of nitrogens with zero attached hydrogens (tertiary/aromatic N) is 3. The molecule has 1 aliphatic rings. The molecule has 0 N–H and O–H groups in total. The van der Waals surface area contributed by atoms with Crippen molar-refractivity contribution >= 4 is 11.8 Å². The van der Waals surface area contributed by atoms with Crippen LogP contribution in [0.5, 0.6) is 0 Å². The molecule has 28 heavy (non-hydrogen) atoms. The van der Waals surface area contributed by atoms with Crippen LogP contribution in [0.15, 0.2) is 28.8 Å². The van der Waals surface area contributed by atoms with Crippen LogP contribution in [0.3, 0.4) is 0 Å². The molecular weight excluding hydrogens is 361 g/mol. The van der Waals surface area contributed by atoms with Crippen molar-refractivity contribution in [3.05, 3.63) is 35.6 Å². The smallest absolute Gasteiger partial charge is 0.233 e. The average molecular weight is 389 g/mol. The second-order valence-electron chi connectivity index (χ2n) is 7.34. The molecule has 0 bridgehead atoms. The standard InChI is InChI=1S/C21H28FN3O3/c1-4-9-25(20(26)15(2)3)14-18-19(16-5-7-17(22)8-6-16)23-28-21(18)24-10-12-27-13-11-24/h5-8,15H,4,9-14H2,1-3H3. The van der Waals surface area contributed by atoms with Crippen molar-refractivity contribution in [2.45, 2.75) is 33.7 Å². The molecule has 7 heteroatoms. The monoisotopic (exact) mass is 389 g/mol. The first-order valence-electron chi connectivity index (χ1n) is 9.87. The minimum Gasteiger partial charge on any atom is -0.378 e. The first-order chi connectivity index (χ1) is 13.5. The van der Waals surface area contributed by atoms with Gasteiger partial charge in [0.1, 0.15) is 11.5 Å².